The molecule has 1 rings (SSSR count). The van der Waals surface area contributed by atoms with E-state index >= 15 is 0 Å². The van der Waals surface area contributed by atoms with Gasteiger partial charge in [-0.2, -0.15) is 0 Å². The molecule has 1 aliphatic rings. The van der Waals surface area contributed by atoms with Crippen LogP contribution >= 0.6 is 0 Å². The van der Waals surface area contributed by atoms with Crippen LogP contribution in [0.3, 0.4) is 0 Å². The maximum Gasteiger partial charge on any atom is 0.306 e. The summed E-state index contributed by atoms with van der Waals surface area (Å²) in [5, 5.41) is 8.43. The Kier molecular flexibility index (Phi) is 5.61. The molecule has 0 aliphatic heterocycles. The van der Waals surface area contributed by atoms with Gasteiger partial charge in [0.15, 0.2) is 0 Å². The molecule has 0 aromatic rings. The Morgan fingerprint density at radius 1 is 1.25 bits per heavy atom. The van der Waals surface area contributed by atoms with Crippen LogP contribution in [0.15, 0.2) is 12.2 Å². The van der Waals surface area contributed by atoms with Crippen molar-refractivity contribution in [3.05, 3.63) is 12.2 Å². The number of carbonyl (C=O) groups excluding carboxylic acids is 1. The number of hydrogen-bond donors (Lipinski definition) is 1. The molecule has 0 heterocycles. The molecule has 1 aliphatic carbocycles. The molecule has 4 heteroatoms. The van der Waals surface area contributed by atoms with E-state index in [1.807, 2.05) is 12.2 Å². The van der Waals surface area contributed by atoms with Gasteiger partial charge < -0.3 is 9.84 Å². The second-order valence-electron chi connectivity index (χ2n) is 3.99. The summed E-state index contributed by atoms with van der Waals surface area (Å²) < 4.78 is 5.19. The number of ether oxygens (including phenoxy) is 1. The number of hydrogen-bond acceptors (Lipinski definition) is 3. The minimum atomic E-state index is -0.967. The molecule has 1 N–H and O–H groups in total. The SMILES string of the molecule is O=C(O)CCC(=O)OC1/C=C\CCCCC1. The van der Waals surface area contributed by atoms with Crippen LogP contribution in [-0.2, 0) is 14.3 Å². The van der Waals surface area contributed by atoms with Crippen molar-refractivity contribution in [2.75, 3.05) is 0 Å². The lowest BCUT2D eigenvalue weighted by atomic mass is 10.0. The van der Waals surface area contributed by atoms with Gasteiger partial charge in [0.1, 0.15) is 6.10 Å². The standard InChI is InChI=1S/C12H18O4/c13-11(14)8-9-12(15)16-10-6-4-2-1-3-5-7-10/h4,6,10H,1-3,5,7-9H2,(H,13,14)/b6-4-. The number of carboxylic acids is 1. The zero-order valence-electron chi connectivity index (χ0n) is 9.35. The molecule has 1 atom stereocenters. The molecule has 0 bridgehead atoms. The second kappa shape index (κ2) is 7.04. The van der Waals surface area contributed by atoms with Gasteiger partial charge in [-0.3, -0.25) is 9.59 Å². The van der Waals surface area contributed by atoms with Crippen LogP contribution in [0.2, 0.25) is 0 Å². The number of aliphatic carboxylic acids is 1. The van der Waals surface area contributed by atoms with E-state index in [9.17, 15) is 9.59 Å². The van der Waals surface area contributed by atoms with Gasteiger partial charge >= 0.3 is 11.9 Å². The van der Waals surface area contributed by atoms with E-state index in [0.717, 1.165) is 25.7 Å². The number of allylic oxidation sites excluding steroid dienone is 1. The fourth-order valence-electron chi connectivity index (χ4n) is 1.66. The number of esters is 1. The first kappa shape index (κ1) is 12.7. The normalized spacial score (nSPS) is 22.9. The summed E-state index contributed by atoms with van der Waals surface area (Å²) in [5.74, 6) is -1.39. The van der Waals surface area contributed by atoms with Gasteiger partial charge in [-0.25, -0.2) is 0 Å². The molecular weight excluding hydrogens is 208 g/mol. The lowest BCUT2D eigenvalue weighted by Crippen LogP contribution is -2.17. The third-order valence-electron chi connectivity index (χ3n) is 2.54. The third-order valence-corrected chi connectivity index (χ3v) is 2.54. The maximum atomic E-state index is 11.3. The van der Waals surface area contributed by atoms with Gasteiger partial charge in [-0.15, -0.1) is 0 Å². The molecule has 0 saturated heterocycles. The Bertz CT molecular complexity index is 270. The average Bonchev–Trinajstić information content (AvgIpc) is 2.19. The monoisotopic (exact) mass is 226 g/mol. The van der Waals surface area contributed by atoms with Crippen molar-refractivity contribution >= 4 is 11.9 Å². The van der Waals surface area contributed by atoms with E-state index in [2.05, 4.69) is 0 Å². The van der Waals surface area contributed by atoms with Crippen molar-refractivity contribution in [3.8, 4) is 0 Å². The zero-order chi connectivity index (χ0) is 11.8. The highest BCUT2D eigenvalue weighted by molar-refractivity contribution is 5.76. The van der Waals surface area contributed by atoms with Crippen molar-refractivity contribution in [1.29, 1.82) is 0 Å². The Morgan fingerprint density at radius 2 is 2.06 bits per heavy atom. The fraction of sp³-hybridized carbons (Fsp3) is 0.667. The molecule has 90 valence electrons. The minimum absolute atomic E-state index is 0.0420. The van der Waals surface area contributed by atoms with Gasteiger partial charge in [-0.1, -0.05) is 12.5 Å². The highest BCUT2D eigenvalue weighted by Gasteiger charge is 2.13. The van der Waals surface area contributed by atoms with E-state index < -0.39 is 11.9 Å². The molecule has 0 spiro atoms. The average molecular weight is 226 g/mol. The Morgan fingerprint density at radius 3 is 2.81 bits per heavy atom. The lowest BCUT2D eigenvalue weighted by molar-refractivity contribution is -0.150. The summed E-state index contributed by atoms with van der Waals surface area (Å²) in [5.41, 5.74) is 0. The summed E-state index contributed by atoms with van der Waals surface area (Å²) in [6.45, 7) is 0. The molecular formula is C12H18O4. The molecule has 0 fully saturated rings. The molecule has 1 unspecified atom stereocenters. The predicted molar refractivity (Wildman–Crippen MR) is 59.0 cm³/mol. The smallest absolute Gasteiger partial charge is 0.306 e. The molecule has 0 aromatic carbocycles. The summed E-state index contributed by atoms with van der Waals surface area (Å²) >= 11 is 0. The zero-order valence-corrected chi connectivity index (χ0v) is 9.35. The first-order chi connectivity index (χ1) is 7.68. The van der Waals surface area contributed by atoms with Gasteiger partial charge in [0, 0.05) is 0 Å². The molecule has 4 nitrogen and oxygen atoms in total. The largest absolute Gasteiger partial charge is 0.481 e. The Balaban J connectivity index is 2.30. The molecule has 16 heavy (non-hydrogen) atoms. The van der Waals surface area contributed by atoms with E-state index in [1.54, 1.807) is 0 Å². The number of rotatable bonds is 4. The Labute approximate surface area is 95.3 Å². The maximum absolute atomic E-state index is 11.3. The predicted octanol–water partition coefficient (Wildman–Crippen LogP) is 2.28. The van der Waals surface area contributed by atoms with Crippen molar-refractivity contribution < 1.29 is 19.4 Å². The lowest BCUT2D eigenvalue weighted by Gasteiger charge is -2.15. The summed E-state index contributed by atoms with van der Waals surface area (Å²) in [4.78, 5) is 21.6. The van der Waals surface area contributed by atoms with Crippen LogP contribution in [0.4, 0.5) is 0 Å². The quantitative estimate of drug-likeness (QED) is 0.590. The molecule has 0 aromatic heterocycles. The fourth-order valence-corrected chi connectivity index (χ4v) is 1.66. The van der Waals surface area contributed by atoms with Crippen LogP contribution < -0.4 is 0 Å². The van der Waals surface area contributed by atoms with Gasteiger partial charge in [0.05, 0.1) is 12.8 Å². The molecule has 0 radical (unpaired) electrons. The van der Waals surface area contributed by atoms with E-state index in [0.29, 0.717) is 0 Å². The molecule has 0 saturated carbocycles. The highest BCUT2D eigenvalue weighted by Crippen LogP contribution is 2.14. The second-order valence-corrected chi connectivity index (χ2v) is 3.99. The van der Waals surface area contributed by atoms with Crippen molar-refractivity contribution in [2.45, 2.75) is 51.0 Å². The van der Waals surface area contributed by atoms with E-state index in [-0.39, 0.29) is 18.9 Å². The number of carbonyl (C=O) groups is 2. The van der Waals surface area contributed by atoms with Crippen molar-refractivity contribution in [2.24, 2.45) is 0 Å². The van der Waals surface area contributed by atoms with Crippen LogP contribution in [0.25, 0.3) is 0 Å². The number of carboxylic acid groups (broad SMARTS) is 1. The first-order valence-corrected chi connectivity index (χ1v) is 5.76. The molecule has 0 amide bonds. The van der Waals surface area contributed by atoms with Gasteiger partial charge in [0.2, 0.25) is 0 Å². The minimum Gasteiger partial charge on any atom is -0.481 e. The van der Waals surface area contributed by atoms with E-state index in [1.165, 1.54) is 6.42 Å². The van der Waals surface area contributed by atoms with Gasteiger partial charge in [0.25, 0.3) is 0 Å². The van der Waals surface area contributed by atoms with Gasteiger partial charge in [-0.05, 0) is 31.8 Å². The van der Waals surface area contributed by atoms with E-state index in [4.69, 9.17) is 9.84 Å². The summed E-state index contributed by atoms with van der Waals surface area (Å²) in [7, 11) is 0. The highest BCUT2D eigenvalue weighted by atomic mass is 16.5. The van der Waals surface area contributed by atoms with Crippen LogP contribution in [-0.4, -0.2) is 23.1 Å². The van der Waals surface area contributed by atoms with Crippen molar-refractivity contribution in [1.82, 2.24) is 0 Å². The summed E-state index contributed by atoms with van der Waals surface area (Å²) in [6, 6.07) is 0. The Hall–Kier alpha value is -1.32. The topological polar surface area (TPSA) is 63.6 Å². The third kappa shape index (κ3) is 5.53. The first-order valence-electron chi connectivity index (χ1n) is 5.76. The van der Waals surface area contributed by atoms with Crippen LogP contribution in [0.5, 0.6) is 0 Å². The van der Waals surface area contributed by atoms with Crippen molar-refractivity contribution in [3.63, 3.8) is 0 Å². The summed E-state index contributed by atoms with van der Waals surface area (Å²) in [6.07, 6.45) is 8.87. The van der Waals surface area contributed by atoms with Crippen LogP contribution in [0.1, 0.15) is 44.9 Å². The van der Waals surface area contributed by atoms with Crippen LogP contribution in [0, 0.1) is 0 Å².